The number of nitrogens with zero attached hydrogens (tertiary/aromatic N) is 4. The second-order valence-electron chi connectivity index (χ2n) is 10.0. The van der Waals surface area contributed by atoms with Crippen molar-refractivity contribution in [1.82, 2.24) is 25.2 Å². The maximum atomic E-state index is 13.0. The lowest BCUT2D eigenvalue weighted by molar-refractivity contribution is -0.969. The first kappa shape index (κ1) is 21.7. The first-order valence-corrected chi connectivity index (χ1v) is 11.5. The molecule has 2 aromatic heterocycles. The predicted molar refractivity (Wildman–Crippen MR) is 122 cm³/mol. The second kappa shape index (κ2) is 8.54. The number of aromatic nitrogens is 5. The largest absolute Gasteiger partial charge is 0.322 e. The highest BCUT2D eigenvalue weighted by Crippen LogP contribution is 2.23. The summed E-state index contributed by atoms with van der Waals surface area (Å²) in [6.07, 6.45) is 5.80. The van der Waals surface area contributed by atoms with Crippen LogP contribution in [0.25, 0.3) is 10.9 Å². The van der Waals surface area contributed by atoms with Crippen molar-refractivity contribution >= 4 is 10.9 Å². The standard InChI is InChI=1S/C24H34N6O/c1-6-21(22-26-27-28-30(22)24(3,4)5)29(19-9-7-8-10-19)15-18-14-17-12-11-16(2)13-20(17)25-23(18)31/h11-14,19,21H,6-10,15H2,1-5H3,(H,25,31)/p+1/t21-/m0/s1. The van der Waals surface area contributed by atoms with E-state index in [0.29, 0.717) is 12.6 Å². The molecule has 3 aromatic rings. The maximum Gasteiger partial charge on any atom is 0.257 e. The van der Waals surface area contributed by atoms with Gasteiger partial charge in [0.25, 0.3) is 5.56 Å². The van der Waals surface area contributed by atoms with Gasteiger partial charge in [-0.15, -0.1) is 5.10 Å². The lowest BCUT2D eigenvalue weighted by atomic mass is 10.0. The number of pyridine rings is 1. The van der Waals surface area contributed by atoms with Gasteiger partial charge in [0.2, 0.25) is 5.82 Å². The molecule has 2 atom stereocenters. The summed E-state index contributed by atoms with van der Waals surface area (Å²) >= 11 is 0. The molecule has 1 aliphatic rings. The molecule has 31 heavy (non-hydrogen) atoms. The number of quaternary nitrogens is 1. The minimum Gasteiger partial charge on any atom is -0.322 e. The highest BCUT2D eigenvalue weighted by atomic mass is 16.1. The molecule has 1 aromatic carbocycles. The number of hydrogen-bond acceptors (Lipinski definition) is 4. The molecule has 1 unspecified atom stereocenters. The normalized spacial score (nSPS) is 17.3. The van der Waals surface area contributed by atoms with Gasteiger partial charge in [-0.05, 0) is 86.9 Å². The van der Waals surface area contributed by atoms with Crippen LogP contribution in [0.2, 0.25) is 0 Å². The minimum absolute atomic E-state index is 0.0128. The molecule has 1 fully saturated rings. The van der Waals surface area contributed by atoms with Crippen molar-refractivity contribution in [3.63, 3.8) is 0 Å². The molecule has 166 valence electrons. The molecule has 7 nitrogen and oxygen atoms in total. The molecular formula is C24H35N6O+. The molecule has 0 spiro atoms. The Morgan fingerprint density at radius 2 is 1.97 bits per heavy atom. The van der Waals surface area contributed by atoms with E-state index in [1.165, 1.54) is 30.6 Å². The van der Waals surface area contributed by atoms with Gasteiger partial charge in [0.15, 0.2) is 0 Å². The van der Waals surface area contributed by atoms with Gasteiger partial charge in [-0.3, -0.25) is 4.79 Å². The summed E-state index contributed by atoms with van der Waals surface area (Å²) in [4.78, 5) is 17.5. The molecule has 7 heteroatoms. The van der Waals surface area contributed by atoms with Gasteiger partial charge in [0, 0.05) is 11.9 Å². The van der Waals surface area contributed by atoms with Gasteiger partial charge >= 0.3 is 0 Å². The van der Waals surface area contributed by atoms with Crippen molar-refractivity contribution in [3.05, 3.63) is 51.6 Å². The summed E-state index contributed by atoms with van der Waals surface area (Å²) in [5.74, 6) is 0.921. The topological polar surface area (TPSA) is 80.9 Å². The van der Waals surface area contributed by atoms with E-state index < -0.39 is 0 Å². The van der Waals surface area contributed by atoms with Gasteiger partial charge in [-0.1, -0.05) is 19.1 Å². The van der Waals surface area contributed by atoms with E-state index >= 15 is 0 Å². The molecular weight excluding hydrogens is 388 g/mol. The van der Waals surface area contributed by atoms with E-state index in [9.17, 15) is 4.79 Å². The average Bonchev–Trinajstić information content (AvgIpc) is 3.40. The number of benzene rings is 1. The fourth-order valence-electron chi connectivity index (χ4n) is 5.06. The third-order valence-corrected chi connectivity index (χ3v) is 6.65. The highest BCUT2D eigenvalue weighted by Gasteiger charge is 2.37. The Balaban J connectivity index is 1.75. The van der Waals surface area contributed by atoms with Gasteiger partial charge in [0.05, 0.1) is 17.1 Å². The Morgan fingerprint density at radius 1 is 1.23 bits per heavy atom. The lowest BCUT2D eigenvalue weighted by Crippen LogP contribution is -3.14. The summed E-state index contributed by atoms with van der Waals surface area (Å²) in [5, 5.41) is 13.9. The van der Waals surface area contributed by atoms with Gasteiger partial charge in [0.1, 0.15) is 12.6 Å². The Hall–Kier alpha value is -2.54. The van der Waals surface area contributed by atoms with Crippen LogP contribution in [0.3, 0.4) is 0 Å². The molecule has 0 saturated heterocycles. The third kappa shape index (κ3) is 4.42. The van der Waals surface area contributed by atoms with Crippen LogP contribution >= 0.6 is 0 Å². The zero-order chi connectivity index (χ0) is 22.2. The minimum atomic E-state index is -0.189. The number of fused-ring (bicyclic) bond motifs is 1. The Bertz CT molecular complexity index is 1100. The van der Waals surface area contributed by atoms with Gasteiger partial charge in [-0.2, -0.15) is 0 Å². The second-order valence-corrected chi connectivity index (χ2v) is 10.0. The molecule has 2 heterocycles. The van der Waals surface area contributed by atoms with E-state index in [4.69, 9.17) is 0 Å². The van der Waals surface area contributed by atoms with Gasteiger partial charge < -0.3 is 9.88 Å². The van der Waals surface area contributed by atoms with Crippen LogP contribution in [0, 0.1) is 6.92 Å². The molecule has 2 N–H and O–H groups in total. The number of tetrazole rings is 1. The molecule has 0 radical (unpaired) electrons. The maximum absolute atomic E-state index is 13.0. The van der Waals surface area contributed by atoms with E-state index in [-0.39, 0.29) is 17.1 Å². The Kier molecular flexibility index (Phi) is 5.97. The van der Waals surface area contributed by atoms with Crippen molar-refractivity contribution in [3.8, 4) is 0 Å². The monoisotopic (exact) mass is 423 g/mol. The van der Waals surface area contributed by atoms with Crippen molar-refractivity contribution in [2.24, 2.45) is 0 Å². The summed E-state index contributed by atoms with van der Waals surface area (Å²) in [6.45, 7) is 11.3. The average molecular weight is 424 g/mol. The van der Waals surface area contributed by atoms with Crippen molar-refractivity contribution in [1.29, 1.82) is 0 Å². The molecule has 0 aliphatic heterocycles. The fourth-order valence-corrected chi connectivity index (χ4v) is 5.06. The van der Waals surface area contributed by atoms with E-state index in [1.54, 1.807) is 0 Å². The van der Waals surface area contributed by atoms with Crippen LogP contribution in [0.1, 0.15) is 82.8 Å². The number of aromatic amines is 1. The van der Waals surface area contributed by atoms with Crippen molar-refractivity contribution < 1.29 is 4.90 Å². The molecule has 0 amide bonds. The van der Waals surface area contributed by atoms with Crippen LogP contribution < -0.4 is 10.5 Å². The Labute approximate surface area is 183 Å². The summed E-state index contributed by atoms with van der Waals surface area (Å²) in [6, 6.07) is 8.96. The van der Waals surface area contributed by atoms with Crippen molar-refractivity contribution in [2.45, 2.75) is 90.9 Å². The zero-order valence-electron chi connectivity index (χ0n) is 19.4. The fraction of sp³-hybridized carbons (Fsp3) is 0.583. The molecule has 0 bridgehead atoms. The number of aryl methyl sites for hydroxylation is 1. The number of rotatable bonds is 6. The summed E-state index contributed by atoms with van der Waals surface area (Å²) in [5.41, 5.74) is 2.71. The van der Waals surface area contributed by atoms with Crippen LogP contribution in [0.5, 0.6) is 0 Å². The quantitative estimate of drug-likeness (QED) is 0.639. The lowest BCUT2D eigenvalue weighted by Gasteiger charge is -2.33. The van der Waals surface area contributed by atoms with E-state index in [1.807, 2.05) is 17.7 Å². The smallest absolute Gasteiger partial charge is 0.257 e. The highest BCUT2D eigenvalue weighted by molar-refractivity contribution is 5.79. The van der Waals surface area contributed by atoms with Crippen molar-refractivity contribution in [2.75, 3.05) is 0 Å². The first-order chi connectivity index (χ1) is 14.8. The van der Waals surface area contributed by atoms with Gasteiger partial charge in [-0.25, -0.2) is 4.68 Å². The van der Waals surface area contributed by atoms with Crippen LogP contribution in [0.15, 0.2) is 29.1 Å². The van der Waals surface area contributed by atoms with Crippen LogP contribution in [0.4, 0.5) is 0 Å². The molecule has 1 saturated carbocycles. The number of hydrogen-bond donors (Lipinski definition) is 2. The number of nitrogens with one attached hydrogen (secondary N) is 2. The SMILES string of the molecule is CC[C@@H](c1nnnn1C(C)(C)C)[NH+](Cc1cc2ccc(C)cc2[nH]c1=O)C1CCCC1. The number of H-pyrrole nitrogens is 1. The van der Waals surface area contributed by atoms with Crippen LogP contribution in [-0.2, 0) is 12.1 Å². The summed E-state index contributed by atoms with van der Waals surface area (Å²) < 4.78 is 1.96. The van der Waals surface area contributed by atoms with E-state index in [2.05, 4.69) is 66.4 Å². The third-order valence-electron chi connectivity index (χ3n) is 6.65. The first-order valence-electron chi connectivity index (χ1n) is 11.5. The Morgan fingerprint density at radius 3 is 2.65 bits per heavy atom. The summed E-state index contributed by atoms with van der Waals surface area (Å²) in [7, 11) is 0. The molecule has 4 rings (SSSR count). The van der Waals surface area contributed by atoms with Crippen LogP contribution in [-0.4, -0.2) is 31.2 Å². The molecule has 1 aliphatic carbocycles. The predicted octanol–water partition coefficient (Wildman–Crippen LogP) is 3.06. The van der Waals surface area contributed by atoms with E-state index in [0.717, 1.165) is 34.3 Å². The zero-order valence-corrected chi connectivity index (χ0v) is 19.4.